The Kier molecular flexibility index (Phi) is 5.02. The maximum absolute atomic E-state index is 8.44. The molecular weight excluding hydrogens is 148 g/mol. The van der Waals surface area contributed by atoms with Crippen LogP contribution < -0.4 is 0 Å². The molecule has 10 heavy (non-hydrogen) atoms. The van der Waals surface area contributed by atoms with Crippen molar-refractivity contribution >= 4 is 12.0 Å². The molecule has 0 unspecified atom stereocenters. The van der Waals surface area contributed by atoms with Crippen molar-refractivity contribution < 1.29 is 10.0 Å². The molecule has 0 amide bonds. The highest BCUT2D eigenvalue weighted by atomic mass is 32.2. The predicted molar refractivity (Wildman–Crippen MR) is 44.0 cm³/mol. The summed E-state index contributed by atoms with van der Waals surface area (Å²) in [5, 5.41) is 0. The number of hydrogen-bond donors (Lipinski definition) is 1. The third-order valence-corrected chi connectivity index (χ3v) is 1.54. The van der Waals surface area contributed by atoms with E-state index in [0.717, 1.165) is 17.6 Å². The molecule has 0 aliphatic carbocycles. The second kappa shape index (κ2) is 5.29. The highest BCUT2D eigenvalue weighted by Crippen LogP contribution is 2.06. The normalized spacial score (nSPS) is 8.50. The fraction of sp³-hybridized carbons (Fsp3) is 0.143. The van der Waals surface area contributed by atoms with Gasteiger partial charge in [-0.2, -0.15) is 0 Å². The zero-order valence-electron chi connectivity index (χ0n) is 5.45. The molecule has 0 saturated heterocycles. The topological polar surface area (TPSA) is 51.7 Å². The Morgan fingerprint density at radius 1 is 1.20 bits per heavy atom. The van der Waals surface area contributed by atoms with Crippen molar-refractivity contribution in [3.8, 4) is 0 Å². The van der Waals surface area contributed by atoms with Crippen LogP contribution in [0.1, 0.15) is 5.56 Å². The fourth-order valence-electron chi connectivity index (χ4n) is 0.649. The highest BCUT2D eigenvalue weighted by Gasteiger charge is 1.86. The van der Waals surface area contributed by atoms with Crippen LogP contribution in [0.2, 0.25) is 0 Å². The summed E-state index contributed by atoms with van der Waals surface area (Å²) in [6.07, 6.45) is 0. The van der Waals surface area contributed by atoms with Crippen molar-refractivity contribution in [3.05, 3.63) is 35.9 Å². The Hall–Kier alpha value is -0.510. The third kappa shape index (κ3) is 2.87. The van der Waals surface area contributed by atoms with Crippen molar-refractivity contribution in [2.45, 2.75) is 5.75 Å². The van der Waals surface area contributed by atoms with E-state index in [1.807, 2.05) is 30.3 Å². The molecule has 0 spiro atoms. The van der Waals surface area contributed by atoms with Gasteiger partial charge in [-0.05, 0) is 17.6 Å². The van der Waals surface area contributed by atoms with Gasteiger partial charge in [0.25, 0.3) is 0 Å². The summed E-state index contributed by atoms with van der Waals surface area (Å²) in [5.74, 6) is 0.681. The maximum Gasteiger partial charge on any atom is 0.0446 e. The number of hydrogen-bond acceptors (Lipinski definition) is 2. The van der Waals surface area contributed by atoms with E-state index < -0.39 is 0 Å². The summed E-state index contributed by atoms with van der Waals surface area (Å²) in [5.41, 5.74) is 1.16. The fourth-order valence-corrected chi connectivity index (χ4v) is 0.990. The molecule has 3 heteroatoms. The van der Waals surface area contributed by atoms with E-state index in [1.54, 1.807) is 0 Å². The van der Waals surface area contributed by atoms with E-state index in [1.165, 1.54) is 0 Å². The van der Waals surface area contributed by atoms with E-state index in [2.05, 4.69) is 0 Å². The molecule has 2 nitrogen and oxygen atoms in total. The Bertz CT molecular complexity index is 165. The van der Waals surface area contributed by atoms with E-state index in [4.69, 9.17) is 4.55 Å². The summed E-state index contributed by atoms with van der Waals surface area (Å²) >= 11 is 0.855. The molecular formula is C7H10O2S. The lowest BCUT2D eigenvalue weighted by Gasteiger charge is -1.92. The Balaban J connectivity index is 0.000000810. The average molecular weight is 158 g/mol. The monoisotopic (exact) mass is 158 g/mol. The molecule has 56 valence electrons. The maximum atomic E-state index is 8.44. The van der Waals surface area contributed by atoms with Crippen LogP contribution in [0, 0.1) is 0 Å². The van der Waals surface area contributed by atoms with Crippen molar-refractivity contribution in [1.82, 2.24) is 0 Å². The standard InChI is InChI=1S/C7H8OS.H2O/c8-9-6-7-4-2-1-3-5-7;/h1-5,8H,6H2;1H2. The summed E-state index contributed by atoms with van der Waals surface area (Å²) in [6, 6.07) is 9.87. The van der Waals surface area contributed by atoms with E-state index >= 15 is 0 Å². The van der Waals surface area contributed by atoms with Crippen LogP contribution in [0.25, 0.3) is 0 Å². The van der Waals surface area contributed by atoms with Crippen molar-refractivity contribution in [2.75, 3.05) is 0 Å². The largest absolute Gasteiger partial charge is 0.412 e. The van der Waals surface area contributed by atoms with E-state index in [9.17, 15) is 0 Å². The zero-order chi connectivity index (χ0) is 6.53. The first-order chi connectivity index (χ1) is 4.43. The quantitative estimate of drug-likeness (QED) is 0.664. The summed E-state index contributed by atoms with van der Waals surface area (Å²) in [7, 11) is 0. The third-order valence-electron chi connectivity index (χ3n) is 1.07. The molecule has 0 radical (unpaired) electrons. The SMILES string of the molecule is O.OSCc1ccccc1. The van der Waals surface area contributed by atoms with Crippen molar-refractivity contribution in [1.29, 1.82) is 0 Å². The van der Waals surface area contributed by atoms with Crippen molar-refractivity contribution in [3.63, 3.8) is 0 Å². The molecule has 0 saturated carbocycles. The lowest BCUT2D eigenvalue weighted by atomic mass is 10.2. The van der Waals surface area contributed by atoms with Gasteiger partial charge in [-0.1, -0.05) is 30.3 Å². The second-order valence-corrected chi connectivity index (χ2v) is 2.31. The average Bonchev–Trinajstić information content (AvgIpc) is 1.91. The van der Waals surface area contributed by atoms with Gasteiger partial charge < -0.3 is 10.0 Å². The molecule has 1 aromatic carbocycles. The lowest BCUT2D eigenvalue weighted by Crippen LogP contribution is -1.75. The van der Waals surface area contributed by atoms with Crippen LogP contribution in [0.3, 0.4) is 0 Å². The van der Waals surface area contributed by atoms with Crippen LogP contribution in [0.15, 0.2) is 30.3 Å². The van der Waals surface area contributed by atoms with Gasteiger partial charge in [-0.3, -0.25) is 0 Å². The molecule has 0 bridgehead atoms. The summed E-state index contributed by atoms with van der Waals surface area (Å²) < 4.78 is 8.44. The highest BCUT2D eigenvalue weighted by molar-refractivity contribution is 7.92. The first-order valence-corrected chi connectivity index (χ1v) is 3.68. The van der Waals surface area contributed by atoms with Gasteiger partial charge in [0.05, 0.1) is 0 Å². The Morgan fingerprint density at radius 3 is 2.30 bits per heavy atom. The van der Waals surface area contributed by atoms with Crippen LogP contribution >= 0.6 is 12.0 Å². The first kappa shape index (κ1) is 9.49. The van der Waals surface area contributed by atoms with Gasteiger partial charge in [0.15, 0.2) is 0 Å². The number of benzene rings is 1. The Morgan fingerprint density at radius 2 is 1.80 bits per heavy atom. The molecule has 0 aliphatic rings. The van der Waals surface area contributed by atoms with Crippen LogP contribution in [0.4, 0.5) is 0 Å². The first-order valence-electron chi connectivity index (χ1n) is 2.74. The lowest BCUT2D eigenvalue weighted by molar-refractivity contribution is 0.663. The molecule has 3 N–H and O–H groups in total. The molecule has 0 atom stereocenters. The van der Waals surface area contributed by atoms with Crippen LogP contribution in [0.5, 0.6) is 0 Å². The van der Waals surface area contributed by atoms with Gasteiger partial charge in [-0.25, -0.2) is 0 Å². The minimum atomic E-state index is 0. The number of rotatable bonds is 2. The minimum Gasteiger partial charge on any atom is -0.412 e. The van der Waals surface area contributed by atoms with Crippen LogP contribution in [-0.4, -0.2) is 10.0 Å². The molecule has 0 aliphatic heterocycles. The second-order valence-electron chi connectivity index (χ2n) is 1.76. The van der Waals surface area contributed by atoms with Gasteiger partial charge in [-0.15, -0.1) is 0 Å². The summed E-state index contributed by atoms with van der Waals surface area (Å²) in [4.78, 5) is 0. The summed E-state index contributed by atoms with van der Waals surface area (Å²) in [6.45, 7) is 0. The molecule has 0 heterocycles. The van der Waals surface area contributed by atoms with Crippen LogP contribution in [-0.2, 0) is 5.75 Å². The van der Waals surface area contributed by atoms with E-state index in [-0.39, 0.29) is 5.48 Å². The van der Waals surface area contributed by atoms with Gasteiger partial charge in [0.1, 0.15) is 0 Å². The van der Waals surface area contributed by atoms with E-state index in [0.29, 0.717) is 5.75 Å². The molecule has 1 aromatic rings. The van der Waals surface area contributed by atoms with Crippen molar-refractivity contribution in [2.24, 2.45) is 0 Å². The molecule has 1 rings (SSSR count). The smallest absolute Gasteiger partial charge is 0.0446 e. The predicted octanol–water partition coefficient (Wildman–Crippen LogP) is 1.57. The zero-order valence-corrected chi connectivity index (χ0v) is 6.27. The van der Waals surface area contributed by atoms with Gasteiger partial charge in [0.2, 0.25) is 0 Å². The van der Waals surface area contributed by atoms with Gasteiger partial charge >= 0.3 is 0 Å². The van der Waals surface area contributed by atoms with Gasteiger partial charge in [0, 0.05) is 5.75 Å². The molecule has 0 fully saturated rings. The minimum absolute atomic E-state index is 0. The molecule has 0 aromatic heterocycles. The Labute approximate surface area is 64.4 Å².